The number of nitriles is 1. The number of para-hydroxylation sites is 1. The molecule has 2 fully saturated rings. The smallest absolute Gasteiger partial charge is 0.256 e. The predicted octanol–water partition coefficient (Wildman–Crippen LogP) is 1.91. The zero-order valence-electron chi connectivity index (χ0n) is 15.5. The first-order chi connectivity index (χ1) is 13.1. The van der Waals surface area contributed by atoms with Gasteiger partial charge in [-0.2, -0.15) is 5.26 Å². The Hall–Kier alpha value is -2.59. The Labute approximate surface area is 159 Å². The van der Waals surface area contributed by atoms with Gasteiger partial charge in [0.2, 0.25) is 5.91 Å². The Morgan fingerprint density at radius 1 is 1.15 bits per heavy atom. The van der Waals surface area contributed by atoms with Crippen LogP contribution in [0.2, 0.25) is 0 Å². The second kappa shape index (κ2) is 8.87. The van der Waals surface area contributed by atoms with E-state index in [-0.39, 0.29) is 18.4 Å². The van der Waals surface area contributed by atoms with Crippen LogP contribution in [-0.4, -0.2) is 55.1 Å². The summed E-state index contributed by atoms with van der Waals surface area (Å²) in [5, 5.41) is 15.4. The summed E-state index contributed by atoms with van der Waals surface area (Å²) >= 11 is 0. The van der Waals surface area contributed by atoms with E-state index < -0.39 is 5.54 Å². The largest absolute Gasteiger partial charge is 0.378 e. The summed E-state index contributed by atoms with van der Waals surface area (Å²) in [6.07, 6.45) is 4.41. The highest BCUT2D eigenvalue weighted by atomic mass is 16.5. The molecule has 3 rings (SSSR count). The maximum Gasteiger partial charge on any atom is 0.256 e. The molecule has 7 nitrogen and oxygen atoms in total. The fourth-order valence-electron chi connectivity index (χ4n) is 3.67. The van der Waals surface area contributed by atoms with E-state index in [2.05, 4.69) is 16.7 Å². The van der Waals surface area contributed by atoms with Crippen molar-refractivity contribution in [1.82, 2.24) is 10.2 Å². The van der Waals surface area contributed by atoms with Gasteiger partial charge in [0.25, 0.3) is 5.91 Å². The molecule has 1 aromatic carbocycles. The van der Waals surface area contributed by atoms with E-state index in [4.69, 9.17) is 4.74 Å². The number of rotatable bonds is 5. The molecule has 0 bridgehead atoms. The van der Waals surface area contributed by atoms with Crippen molar-refractivity contribution in [2.75, 3.05) is 38.2 Å². The molecule has 0 atom stereocenters. The van der Waals surface area contributed by atoms with Gasteiger partial charge in [-0.05, 0) is 25.0 Å². The minimum atomic E-state index is -0.750. The van der Waals surface area contributed by atoms with Crippen LogP contribution in [0.15, 0.2) is 24.3 Å². The minimum Gasteiger partial charge on any atom is -0.378 e. The van der Waals surface area contributed by atoms with Crippen LogP contribution in [0.1, 0.15) is 42.5 Å². The standard InChI is InChI=1S/C20H26N4O3/c21-15-20(8-4-1-5-9-20)23-18(25)14-22-17-7-3-2-6-16(17)19(26)24-10-12-27-13-11-24/h2-3,6-7,22H,1,4-5,8-14H2,(H,23,25). The summed E-state index contributed by atoms with van der Waals surface area (Å²) in [6.45, 7) is 2.24. The summed E-state index contributed by atoms with van der Waals surface area (Å²) in [6, 6.07) is 9.48. The molecule has 2 N–H and O–H groups in total. The highest BCUT2D eigenvalue weighted by Crippen LogP contribution is 2.27. The number of hydrogen-bond acceptors (Lipinski definition) is 5. The van der Waals surface area contributed by atoms with Gasteiger partial charge in [0.05, 0.1) is 31.4 Å². The highest BCUT2D eigenvalue weighted by molar-refractivity contribution is 6.00. The zero-order chi connectivity index (χ0) is 19.1. The van der Waals surface area contributed by atoms with Gasteiger partial charge in [-0.15, -0.1) is 0 Å². The van der Waals surface area contributed by atoms with Gasteiger partial charge in [0, 0.05) is 18.8 Å². The maximum absolute atomic E-state index is 12.8. The molecule has 7 heteroatoms. The molecule has 2 amide bonds. The normalized spacial score (nSPS) is 19.0. The number of carbonyl (C=O) groups excluding carboxylic acids is 2. The molecule has 1 saturated carbocycles. The number of hydrogen-bond donors (Lipinski definition) is 2. The van der Waals surface area contributed by atoms with Crippen molar-refractivity contribution in [2.24, 2.45) is 0 Å². The number of anilines is 1. The van der Waals surface area contributed by atoms with Crippen LogP contribution < -0.4 is 10.6 Å². The molecule has 1 heterocycles. The molecule has 1 saturated heterocycles. The van der Waals surface area contributed by atoms with Gasteiger partial charge in [-0.25, -0.2) is 0 Å². The van der Waals surface area contributed by atoms with Crippen molar-refractivity contribution in [3.8, 4) is 6.07 Å². The highest BCUT2D eigenvalue weighted by Gasteiger charge is 2.33. The van der Waals surface area contributed by atoms with E-state index in [1.54, 1.807) is 17.0 Å². The van der Waals surface area contributed by atoms with Crippen LogP contribution in [0.4, 0.5) is 5.69 Å². The summed E-state index contributed by atoms with van der Waals surface area (Å²) in [5.74, 6) is -0.297. The lowest BCUT2D eigenvalue weighted by molar-refractivity contribution is -0.121. The van der Waals surface area contributed by atoms with Crippen LogP contribution in [0.5, 0.6) is 0 Å². The number of nitrogens with zero attached hydrogens (tertiary/aromatic N) is 2. The Kier molecular flexibility index (Phi) is 6.30. The minimum absolute atomic E-state index is 0.0246. The lowest BCUT2D eigenvalue weighted by Crippen LogP contribution is -2.50. The van der Waals surface area contributed by atoms with Gasteiger partial charge >= 0.3 is 0 Å². The van der Waals surface area contributed by atoms with Crippen molar-refractivity contribution in [1.29, 1.82) is 5.26 Å². The van der Waals surface area contributed by atoms with Crippen molar-refractivity contribution in [2.45, 2.75) is 37.6 Å². The fraction of sp³-hybridized carbons (Fsp3) is 0.550. The number of morpholine rings is 1. The Morgan fingerprint density at radius 2 is 1.85 bits per heavy atom. The zero-order valence-corrected chi connectivity index (χ0v) is 15.5. The lowest BCUT2D eigenvalue weighted by atomic mass is 9.83. The van der Waals surface area contributed by atoms with Gasteiger partial charge in [-0.3, -0.25) is 9.59 Å². The quantitative estimate of drug-likeness (QED) is 0.826. The van der Waals surface area contributed by atoms with Crippen LogP contribution in [0.25, 0.3) is 0 Å². The molecule has 0 spiro atoms. The molecular weight excluding hydrogens is 344 g/mol. The number of amides is 2. The van der Waals surface area contributed by atoms with E-state index in [9.17, 15) is 14.9 Å². The third-order valence-electron chi connectivity index (χ3n) is 5.19. The molecule has 1 aliphatic carbocycles. The van der Waals surface area contributed by atoms with Crippen LogP contribution >= 0.6 is 0 Å². The Bertz CT molecular complexity index is 716. The van der Waals surface area contributed by atoms with E-state index in [0.29, 0.717) is 50.4 Å². The van der Waals surface area contributed by atoms with Gasteiger partial charge in [0.15, 0.2) is 0 Å². The average Bonchev–Trinajstić information content (AvgIpc) is 2.73. The van der Waals surface area contributed by atoms with E-state index in [0.717, 1.165) is 19.3 Å². The molecule has 0 aromatic heterocycles. The van der Waals surface area contributed by atoms with E-state index in [1.807, 2.05) is 12.1 Å². The Balaban J connectivity index is 1.61. The monoisotopic (exact) mass is 370 g/mol. The molecule has 1 aliphatic heterocycles. The number of ether oxygens (including phenoxy) is 1. The second-order valence-electron chi connectivity index (χ2n) is 7.11. The SMILES string of the molecule is N#CC1(NC(=O)CNc2ccccc2C(=O)N2CCOCC2)CCCCC1. The molecule has 1 aromatic rings. The van der Waals surface area contributed by atoms with Crippen molar-refractivity contribution in [3.05, 3.63) is 29.8 Å². The lowest BCUT2D eigenvalue weighted by Gasteiger charge is -2.31. The van der Waals surface area contributed by atoms with Crippen molar-refractivity contribution < 1.29 is 14.3 Å². The van der Waals surface area contributed by atoms with Gasteiger partial charge < -0.3 is 20.3 Å². The van der Waals surface area contributed by atoms with E-state index >= 15 is 0 Å². The molecule has 27 heavy (non-hydrogen) atoms. The molecular formula is C20H26N4O3. The summed E-state index contributed by atoms with van der Waals surface area (Å²) < 4.78 is 5.30. The van der Waals surface area contributed by atoms with Gasteiger partial charge in [-0.1, -0.05) is 31.4 Å². The number of benzene rings is 1. The average molecular weight is 370 g/mol. The third kappa shape index (κ3) is 4.77. The third-order valence-corrected chi connectivity index (χ3v) is 5.19. The summed E-state index contributed by atoms with van der Waals surface area (Å²) in [4.78, 5) is 26.9. The molecule has 144 valence electrons. The summed E-state index contributed by atoms with van der Waals surface area (Å²) in [5.41, 5.74) is 0.416. The molecule has 0 unspecified atom stereocenters. The van der Waals surface area contributed by atoms with Crippen LogP contribution in [-0.2, 0) is 9.53 Å². The van der Waals surface area contributed by atoms with E-state index in [1.165, 1.54) is 0 Å². The second-order valence-corrected chi connectivity index (χ2v) is 7.11. The van der Waals surface area contributed by atoms with Crippen LogP contribution in [0.3, 0.4) is 0 Å². The number of nitrogens with one attached hydrogen (secondary N) is 2. The van der Waals surface area contributed by atoms with Crippen molar-refractivity contribution >= 4 is 17.5 Å². The topological polar surface area (TPSA) is 94.5 Å². The maximum atomic E-state index is 12.8. The first kappa shape index (κ1) is 19.2. The first-order valence-electron chi connectivity index (χ1n) is 9.56. The predicted molar refractivity (Wildman–Crippen MR) is 101 cm³/mol. The summed E-state index contributed by atoms with van der Waals surface area (Å²) in [7, 11) is 0. The van der Waals surface area contributed by atoms with Gasteiger partial charge in [0.1, 0.15) is 5.54 Å². The fourth-order valence-corrected chi connectivity index (χ4v) is 3.67. The Morgan fingerprint density at radius 3 is 2.56 bits per heavy atom. The van der Waals surface area contributed by atoms with Crippen LogP contribution in [0, 0.1) is 11.3 Å². The van der Waals surface area contributed by atoms with Crippen molar-refractivity contribution in [3.63, 3.8) is 0 Å². The number of carbonyl (C=O) groups is 2. The first-order valence-corrected chi connectivity index (χ1v) is 9.56. The molecule has 0 radical (unpaired) electrons. The molecule has 2 aliphatic rings.